The predicted octanol–water partition coefficient (Wildman–Crippen LogP) is 4.65. The van der Waals surface area contributed by atoms with Crippen LogP contribution in [0.15, 0.2) is 78.9 Å². The number of rotatable bonds is 8. The van der Waals surface area contributed by atoms with Gasteiger partial charge in [0.05, 0.1) is 5.56 Å². The number of ether oxygens (including phenoxy) is 2. The molecule has 1 atom stereocenters. The van der Waals surface area contributed by atoms with E-state index in [0.717, 1.165) is 0 Å². The van der Waals surface area contributed by atoms with Crippen LogP contribution < -0.4 is 10.1 Å². The van der Waals surface area contributed by atoms with Crippen molar-refractivity contribution in [3.63, 3.8) is 0 Å². The van der Waals surface area contributed by atoms with Gasteiger partial charge in [-0.2, -0.15) is 0 Å². The number of carbonyl (C=O) groups excluding carboxylic acids is 3. The predicted molar refractivity (Wildman–Crippen MR) is 117 cm³/mol. The average Bonchev–Trinajstić information content (AvgIpc) is 2.78. The smallest absolute Gasteiger partial charge is 0.339 e. The number of Topliss-reactive ketones (excluding diaryl/α,β-unsaturated/α-hetero) is 1. The summed E-state index contributed by atoms with van der Waals surface area (Å²) < 4.78 is 11.2. The molecule has 0 heterocycles. The van der Waals surface area contributed by atoms with Crippen molar-refractivity contribution in [2.45, 2.75) is 26.6 Å². The number of nitrogens with one attached hydrogen (secondary N) is 1. The Hall–Kier alpha value is -3.93. The van der Waals surface area contributed by atoms with Gasteiger partial charge in [-0.25, -0.2) is 4.79 Å². The lowest BCUT2D eigenvalue weighted by Gasteiger charge is -2.15. The third-order valence-corrected chi connectivity index (χ3v) is 4.52. The van der Waals surface area contributed by atoms with Gasteiger partial charge in [0.2, 0.25) is 11.7 Å². The Balaban J connectivity index is 1.65. The van der Waals surface area contributed by atoms with Crippen LogP contribution in [0.25, 0.3) is 0 Å². The molecule has 0 spiro atoms. The molecular weight excluding hydrogens is 394 g/mol. The van der Waals surface area contributed by atoms with Crippen LogP contribution >= 0.6 is 0 Å². The number of esters is 1. The third-order valence-electron chi connectivity index (χ3n) is 4.52. The Bertz CT molecular complexity index is 1060. The maximum atomic E-state index is 12.7. The van der Waals surface area contributed by atoms with Gasteiger partial charge in [-0.1, -0.05) is 36.4 Å². The van der Waals surface area contributed by atoms with Gasteiger partial charge in [0.25, 0.3) is 0 Å². The minimum absolute atomic E-state index is 0.197. The third kappa shape index (κ3) is 6.02. The van der Waals surface area contributed by atoms with Gasteiger partial charge in [-0.15, -0.1) is 0 Å². The number of carbonyl (C=O) groups is 3. The Morgan fingerprint density at radius 2 is 1.52 bits per heavy atom. The normalized spacial score (nSPS) is 11.3. The summed E-state index contributed by atoms with van der Waals surface area (Å²) >= 11 is 0. The van der Waals surface area contributed by atoms with Crippen LogP contribution in [0.4, 0.5) is 5.69 Å². The molecule has 6 nitrogen and oxygen atoms in total. The van der Waals surface area contributed by atoms with E-state index < -0.39 is 12.1 Å². The second-order valence-electron chi connectivity index (χ2n) is 6.93. The van der Waals surface area contributed by atoms with E-state index in [1.807, 2.05) is 36.4 Å². The van der Waals surface area contributed by atoms with E-state index in [-0.39, 0.29) is 18.3 Å². The summed E-state index contributed by atoms with van der Waals surface area (Å²) in [6, 6.07) is 22.7. The molecule has 6 heteroatoms. The second kappa shape index (κ2) is 10.2. The van der Waals surface area contributed by atoms with Crippen LogP contribution in [0, 0.1) is 0 Å². The summed E-state index contributed by atoms with van der Waals surface area (Å²) in [4.78, 5) is 36.5. The van der Waals surface area contributed by atoms with Gasteiger partial charge in [0.1, 0.15) is 12.4 Å². The highest BCUT2D eigenvalue weighted by molar-refractivity contribution is 6.02. The summed E-state index contributed by atoms with van der Waals surface area (Å²) in [5.41, 5.74) is 1.98. The standard InChI is InChI=1S/C25H23NO5/c1-17(24(28)19-12-14-21(15-13-19)26-18(2)27)31-25(29)23-11-7-6-8-20(23)16-30-22-9-4-3-5-10-22/h3-15,17H,16H2,1-2H3,(H,26,27)/t17-/m0/s1. The number of para-hydroxylation sites is 1. The van der Waals surface area contributed by atoms with Gasteiger partial charge < -0.3 is 14.8 Å². The first-order valence-corrected chi connectivity index (χ1v) is 9.82. The highest BCUT2D eigenvalue weighted by Gasteiger charge is 2.22. The van der Waals surface area contributed by atoms with Crippen molar-refractivity contribution >= 4 is 23.3 Å². The van der Waals surface area contributed by atoms with Gasteiger partial charge in [-0.05, 0) is 49.4 Å². The van der Waals surface area contributed by atoms with Crippen molar-refractivity contribution in [2.75, 3.05) is 5.32 Å². The molecule has 1 N–H and O–H groups in total. The zero-order chi connectivity index (χ0) is 22.2. The monoisotopic (exact) mass is 417 g/mol. The second-order valence-corrected chi connectivity index (χ2v) is 6.93. The maximum Gasteiger partial charge on any atom is 0.339 e. The van der Waals surface area contributed by atoms with Crippen LogP contribution in [-0.4, -0.2) is 23.8 Å². The lowest BCUT2D eigenvalue weighted by atomic mass is 10.1. The summed E-state index contributed by atoms with van der Waals surface area (Å²) in [5.74, 6) is -0.433. The van der Waals surface area contributed by atoms with Crippen LogP contribution in [0.1, 0.15) is 40.1 Å². The Morgan fingerprint density at radius 3 is 2.19 bits per heavy atom. The fourth-order valence-corrected chi connectivity index (χ4v) is 2.96. The molecule has 0 aliphatic heterocycles. The molecule has 0 aliphatic carbocycles. The molecule has 0 bridgehead atoms. The molecule has 0 radical (unpaired) electrons. The summed E-state index contributed by atoms with van der Waals surface area (Å²) in [5, 5.41) is 2.64. The van der Waals surface area contributed by atoms with Crippen LogP contribution in [-0.2, 0) is 16.1 Å². The summed E-state index contributed by atoms with van der Waals surface area (Å²) in [6.07, 6.45) is -0.970. The highest BCUT2D eigenvalue weighted by atomic mass is 16.5. The SMILES string of the molecule is CC(=O)Nc1ccc(C(=O)[C@H](C)OC(=O)c2ccccc2COc2ccccc2)cc1. The van der Waals surface area contributed by atoms with Crippen molar-refractivity contribution in [2.24, 2.45) is 0 Å². The molecule has 1 amide bonds. The number of hydrogen-bond donors (Lipinski definition) is 1. The number of anilines is 1. The van der Waals surface area contributed by atoms with E-state index in [9.17, 15) is 14.4 Å². The van der Waals surface area contributed by atoms with Crippen molar-refractivity contribution in [3.8, 4) is 5.75 Å². The number of amides is 1. The molecule has 0 saturated carbocycles. The minimum Gasteiger partial charge on any atom is -0.489 e. The van der Waals surface area contributed by atoms with Crippen molar-refractivity contribution < 1.29 is 23.9 Å². The summed E-state index contributed by atoms with van der Waals surface area (Å²) in [6.45, 7) is 3.14. The molecular formula is C25H23NO5. The summed E-state index contributed by atoms with van der Waals surface area (Å²) in [7, 11) is 0. The Labute approximate surface area is 180 Å². The zero-order valence-electron chi connectivity index (χ0n) is 17.3. The first-order valence-electron chi connectivity index (χ1n) is 9.82. The van der Waals surface area contributed by atoms with E-state index >= 15 is 0 Å². The largest absolute Gasteiger partial charge is 0.489 e. The molecule has 0 fully saturated rings. The molecule has 158 valence electrons. The van der Waals surface area contributed by atoms with E-state index in [1.165, 1.54) is 13.8 Å². The van der Waals surface area contributed by atoms with E-state index in [0.29, 0.717) is 28.1 Å². The Morgan fingerprint density at radius 1 is 0.871 bits per heavy atom. The van der Waals surface area contributed by atoms with Gasteiger partial charge in [0.15, 0.2) is 6.10 Å². The van der Waals surface area contributed by atoms with Crippen molar-refractivity contribution in [1.82, 2.24) is 0 Å². The van der Waals surface area contributed by atoms with Crippen LogP contribution in [0.3, 0.4) is 0 Å². The van der Waals surface area contributed by atoms with E-state index in [1.54, 1.807) is 42.5 Å². The van der Waals surface area contributed by atoms with E-state index in [4.69, 9.17) is 9.47 Å². The Kier molecular flexibility index (Phi) is 7.17. The lowest BCUT2D eigenvalue weighted by Crippen LogP contribution is -2.25. The first-order chi connectivity index (χ1) is 14.9. The number of ketones is 1. The molecule has 0 unspecified atom stereocenters. The highest BCUT2D eigenvalue weighted by Crippen LogP contribution is 2.18. The fraction of sp³-hybridized carbons (Fsp3) is 0.160. The molecule has 3 rings (SSSR count). The fourth-order valence-electron chi connectivity index (χ4n) is 2.96. The lowest BCUT2D eigenvalue weighted by molar-refractivity contribution is -0.114. The molecule has 3 aromatic carbocycles. The average molecular weight is 417 g/mol. The van der Waals surface area contributed by atoms with Crippen LogP contribution in [0.2, 0.25) is 0 Å². The quantitative estimate of drug-likeness (QED) is 0.426. The molecule has 31 heavy (non-hydrogen) atoms. The maximum absolute atomic E-state index is 12.7. The van der Waals surface area contributed by atoms with Gasteiger partial charge >= 0.3 is 5.97 Å². The molecule has 0 aromatic heterocycles. The number of benzene rings is 3. The molecule has 3 aromatic rings. The number of hydrogen-bond acceptors (Lipinski definition) is 5. The van der Waals surface area contributed by atoms with Crippen molar-refractivity contribution in [3.05, 3.63) is 95.6 Å². The molecule has 0 aliphatic rings. The molecule has 0 saturated heterocycles. The topological polar surface area (TPSA) is 81.7 Å². The minimum atomic E-state index is -0.970. The van der Waals surface area contributed by atoms with Crippen molar-refractivity contribution in [1.29, 1.82) is 0 Å². The first kappa shape index (κ1) is 21.8. The van der Waals surface area contributed by atoms with Crippen LogP contribution in [0.5, 0.6) is 5.75 Å². The van der Waals surface area contributed by atoms with Gasteiger partial charge in [0, 0.05) is 23.7 Å². The van der Waals surface area contributed by atoms with E-state index in [2.05, 4.69) is 5.32 Å². The van der Waals surface area contributed by atoms with Gasteiger partial charge in [-0.3, -0.25) is 9.59 Å². The zero-order valence-corrected chi connectivity index (χ0v) is 17.3.